The van der Waals surface area contributed by atoms with Crippen molar-refractivity contribution in [2.24, 2.45) is 0 Å². The van der Waals surface area contributed by atoms with Gasteiger partial charge in [0.2, 0.25) is 5.91 Å². The summed E-state index contributed by atoms with van der Waals surface area (Å²) in [7, 11) is 0. The maximum absolute atomic E-state index is 12.0. The second-order valence-corrected chi connectivity index (χ2v) is 6.74. The van der Waals surface area contributed by atoms with Crippen LogP contribution in [0.25, 0.3) is 0 Å². The van der Waals surface area contributed by atoms with Crippen LogP contribution in [0.1, 0.15) is 23.1 Å². The summed E-state index contributed by atoms with van der Waals surface area (Å²) in [5.41, 5.74) is 3.91. The highest BCUT2D eigenvalue weighted by Gasteiger charge is 2.14. The molecule has 0 saturated carbocycles. The third kappa shape index (κ3) is 4.83. The highest BCUT2D eigenvalue weighted by molar-refractivity contribution is 6.30. The number of hydrogen-bond donors (Lipinski definition) is 1. The predicted molar refractivity (Wildman–Crippen MR) is 98.2 cm³/mol. The normalized spacial score (nSPS) is 14.2. The van der Waals surface area contributed by atoms with Gasteiger partial charge in [0.1, 0.15) is 0 Å². The summed E-state index contributed by atoms with van der Waals surface area (Å²) in [6.45, 7) is 3.88. The van der Waals surface area contributed by atoms with Crippen molar-refractivity contribution in [3.8, 4) is 0 Å². The zero-order valence-corrected chi connectivity index (χ0v) is 14.6. The fourth-order valence-electron chi connectivity index (χ4n) is 3.13. The summed E-state index contributed by atoms with van der Waals surface area (Å²) in [6, 6.07) is 16.1. The van der Waals surface area contributed by atoms with Gasteiger partial charge in [0, 0.05) is 31.2 Å². The van der Waals surface area contributed by atoms with Crippen molar-refractivity contribution in [3.63, 3.8) is 0 Å². The van der Waals surface area contributed by atoms with Gasteiger partial charge in [-0.3, -0.25) is 9.69 Å². The molecule has 0 spiro atoms. The zero-order chi connectivity index (χ0) is 16.8. The van der Waals surface area contributed by atoms with Gasteiger partial charge in [-0.1, -0.05) is 48.0 Å². The number of nitrogens with zero attached hydrogens (tertiary/aromatic N) is 1. The number of halogens is 1. The molecule has 1 aliphatic heterocycles. The lowest BCUT2D eigenvalue weighted by atomic mass is 10.00. The monoisotopic (exact) mass is 342 g/mol. The molecule has 2 aromatic carbocycles. The predicted octanol–water partition coefficient (Wildman–Crippen LogP) is 3.45. The quantitative estimate of drug-likeness (QED) is 0.815. The molecule has 24 heavy (non-hydrogen) atoms. The first-order valence-electron chi connectivity index (χ1n) is 8.51. The first kappa shape index (κ1) is 17.0. The Kier molecular flexibility index (Phi) is 5.89. The highest BCUT2D eigenvalue weighted by atomic mass is 35.5. The third-order valence-electron chi connectivity index (χ3n) is 4.46. The number of carbonyl (C=O) groups is 1. The molecule has 1 aliphatic rings. The number of rotatable bonds is 6. The van der Waals surface area contributed by atoms with E-state index in [1.54, 1.807) is 0 Å². The molecule has 0 fully saturated rings. The summed E-state index contributed by atoms with van der Waals surface area (Å²) >= 11 is 5.85. The summed E-state index contributed by atoms with van der Waals surface area (Å²) < 4.78 is 0. The molecule has 3 rings (SSSR count). The van der Waals surface area contributed by atoms with Crippen LogP contribution in [0.5, 0.6) is 0 Å². The third-order valence-corrected chi connectivity index (χ3v) is 4.71. The average Bonchev–Trinajstić information content (AvgIpc) is 2.60. The smallest absolute Gasteiger partial charge is 0.224 e. The largest absolute Gasteiger partial charge is 0.356 e. The van der Waals surface area contributed by atoms with Crippen LogP contribution in [0, 0.1) is 0 Å². The van der Waals surface area contributed by atoms with E-state index in [-0.39, 0.29) is 5.91 Å². The van der Waals surface area contributed by atoms with E-state index in [4.69, 9.17) is 11.6 Å². The van der Waals surface area contributed by atoms with E-state index in [0.717, 1.165) is 44.6 Å². The van der Waals surface area contributed by atoms with Crippen molar-refractivity contribution in [1.29, 1.82) is 0 Å². The van der Waals surface area contributed by atoms with Crippen LogP contribution < -0.4 is 5.32 Å². The molecule has 3 nitrogen and oxygen atoms in total. The first-order chi connectivity index (χ1) is 11.7. The fourth-order valence-corrected chi connectivity index (χ4v) is 3.25. The molecule has 1 heterocycles. The Bertz CT molecular complexity index is 684. The summed E-state index contributed by atoms with van der Waals surface area (Å²) in [4.78, 5) is 14.4. The van der Waals surface area contributed by atoms with Crippen LogP contribution in [0.3, 0.4) is 0 Å². The van der Waals surface area contributed by atoms with Crippen LogP contribution in [0.4, 0.5) is 0 Å². The van der Waals surface area contributed by atoms with Crippen LogP contribution in [-0.2, 0) is 24.2 Å². The summed E-state index contributed by atoms with van der Waals surface area (Å²) in [6.07, 6.45) is 2.52. The van der Waals surface area contributed by atoms with Crippen molar-refractivity contribution in [2.45, 2.75) is 25.8 Å². The Morgan fingerprint density at radius 3 is 2.62 bits per heavy atom. The van der Waals surface area contributed by atoms with Gasteiger partial charge in [0.05, 0.1) is 6.42 Å². The maximum Gasteiger partial charge on any atom is 0.224 e. The highest BCUT2D eigenvalue weighted by Crippen LogP contribution is 2.18. The molecule has 2 aromatic rings. The van der Waals surface area contributed by atoms with Crippen LogP contribution in [0.2, 0.25) is 5.02 Å². The topological polar surface area (TPSA) is 32.3 Å². The molecular weight excluding hydrogens is 320 g/mol. The molecule has 4 heteroatoms. The van der Waals surface area contributed by atoms with E-state index in [1.165, 1.54) is 11.1 Å². The van der Waals surface area contributed by atoms with Gasteiger partial charge in [-0.15, -0.1) is 0 Å². The lowest BCUT2D eigenvalue weighted by Crippen LogP contribution is -2.34. The number of hydrogen-bond acceptors (Lipinski definition) is 2. The molecule has 0 bridgehead atoms. The van der Waals surface area contributed by atoms with Gasteiger partial charge in [-0.05, 0) is 41.7 Å². The van der Waals surface area contributed by atoms with E-state index < -0.39 is 0 Å². The van der Waals surface area contributed by atoms with E-state index in [2.05, 4.69) is 34.5 Å². The van der Waals surface area contributed by atoms with Crippen molar-refractivity contribution in [3.05, 3.63) is 70.2 Å². The molecule has 0 saturated heterocycles. The number of benzene rings is 2. The van der Waals surface area contributed by atoms with E-state index in [9.17, 15) is 4.79 Å². The molecule has 0 radical (unpaired) electrons. The first-order valence-corrected chi connectivity index (χ1v) is 8.89. The van der Waals surface area contributed by atoms with Gasteiger partial charge < -0.3 is 5.32 Å². The number of fused-ring (bicyclic) bond motifs is 1. The van der Waals surface area contributed by atoms with E-state index in [1.807, 2.05) is 24.3 Å². The minimum Gasteiger partial charge on any atom is -0.356 e. The second-order valence-electron chi connectivity index (χ2n) is 6.30. The van der Waals surface area contributed by atoms with Crippen molar-refractivity contribution >= 4 is 17.5 Å². The standard InChI is InChI=1S/C20H23ClN2O/c21-19-8-6-16(7-9-19)14-20(24)22-11-3-12-23-13-10-17-4-1-2-5-18(17)15-23/h1-2,4-9H,3,10-15H2,(H,22,24). The molecule has 126 valence electrons. The second kappa shape index (κ2) is 8.32. The van der Waals surface area contributed by atoms with E-state index in [0.29, 0.717) is 11.4 Å². The van der Waals surface area contributed by atoms with E-state index >= 15 is 0 Å². The molecule has 0 aromatic heterocycles. The molecule has 0 unspecified atom stereocenters. The minimum atomic E-state index is 0.0707. The van der Waals surface area contributed by atoms with Gasteiger partial charge >= 0.3 is 0 Å². The summed E-state index contributed by atoms with van der Waals surface area (Å²) in [5, 5.41) is 3.70. The fraction of sp³-hybridized carbons (Fsp3) is 0.350. The van der Waals surface area contributed by atoms with Crippen molar-refractivity contribution in [1.82, 2.24) is 10.2 Å². The lowest BCUT2D eigenvalue weighted by molar-refractivity contribution is -0.120. The number of carbonyl (C=O) groups excluding carboxylic acids is 1. The van der Waals surface area contributed by atoms with Crippen LogP contribution in [-0.4, -0.2) is 30.4 Å². The van der Waals surface area contributed by atoms with Gasteiger partial charge in [0.25, 0.3) is 0 Å². The van der Waals surface area contributed by atoms with Crippen molar-refractivity contribution < 1.29 is 4.79 Å². The summed E-state index contributed by atoms with van der Waals surface area (Å²) in [5.74, 6) is 0.0707. The van der Waals surface area contributed by atoms with Gasteiger partial charge in [-0.25, -0.2) is 0 Å². The Morgan fingerprint density at radius 2 is 1.83 bits per heavy atom. The Balaban J connectivity index is 1.35. The van der Waals surface area contributed by atoms with Gasteiger partial charge in [0.15, 0.2) is 0 Å². The Labute approximate surface area is 148 Å². The van der Waals surface area contributed by atoms with Gasteiger partial charge in [-0.2, -0.15) is 0 Å². The van der Waals surface area contributed by atoms with Crippen LogP contribution >= 0.6 is 11.6 Å². The lowest BCUT2D eigenvalue weighted by Gasteiger charge is -2.28. The Morgan fingerprint density at radius 1 is 1.08 bits per heavy atom. The maximum atomic E-state index is 12.0. The molecule has 0 atom stereocenters. The molecule has 0 aliphatic carbocycles. The van der Waals surface area contributed by atoms with Crippen molar-refractivity contribution in [2.75, 3.05) is 19.6 Å². The molecule has 1 amide bonds. The number of amides is 1. The number of nitrogens with one attached hydrogen (secondary N) is 1. The molecule has 1 N–H and O–H groups in total. The minimum absolute atomic E-state index is 0.0707. The zero-order valence-electron chi connectivity index (χ0n) is 13.8. The Hall–Kier alpha value is -1.84. The van der Waals surface area contributed by atoms with Crippen LogP contribution in [0.15, 0.2) is 48.5 Å². The average molecular weight is 343 g/mol. The molecular formula is C20H23ClN2O. The SMILES string of the molecule is O=C(Cc1ccc(Cl)cc1)NCCCN1CCc2ccccc2C1.